The number of nitrogens with one attached hydrogen (secondary N) is 2. The van der Waals surface area contributed by atoms with Gasteiger partial charge in [-0.3, -0.25) is 10.3 Å². The third-order valence-electron chi connectivity index (χ3n) is 3.40. The largest absolute Gasteiger partial charge is 0.341 e. The maximum absolute atomic E-state index is 11.7. The van der Waals surface area contributed by atoms with Crippen LogP contribution >= 0.6 is 0 Å². The second kappa shape index (κ2) is 5.81. The van der Waals surface area contributed by atoms with Crippen LogP contribution in [0.3, 0.4) is 0 Å². The Labute approximate surface area is 128 Å². The van der Waals surface area contributed by atoms with E-state index in [1.165, 1.54) is 0 Å². The zero-order valence-electron chi connectivity index (χ0n) is 12.4. The van der Waals surface area contributed by atoms with E-state index in [9.17, 15) is 4.79 Å². The van der Waals surface area contributed by atoms with Crippen LogP contribution in [-0.4, -0.2) is 23.0 Å². The first-order valence-electron chi connectivity index (χ1n) is 6.98. The average Bonchev–Trinajstić information content (AvgIpc) is 2.54. The molecule has 0 spiro atoms. The maximum atomic E-state index is 11.7. The highest BCUT2D eigenvalue weighted by atomic mass is 16.2. The monoisotopic (exact) mass is 292 g/mol. The zero-order valence-corrected chi connectivity index (χ0v) is 12.4. The van der Waals surface area contributed by atoms with Gasteiger partial charge in [0.05, 0.1) is 5.52 Å². The van der Waals surface area contributed by atoms with E-state index in [4.69, 9.17) is 0 Å². The molecule has 0 aliphatic rings. The normalized spacial score (nSPS) is 10.5. The summed E-state index contributed by atoms with van der Waals surface area (Å²) in [7, 11) is 1.58. The van der Waals surface area contributed by atoms with E-state index in [1.54, 1.807) is 19.4 Å². The summed E-state index contributed by atoms with van der Waals surface area (Å²) in [5.74, 6) is 0.531. The second-order valence-corrected chi connectivity index (χ2v) is 5.03. The molecule has 0 aliphatic carbocycles. The number of hydrogen-bond acceptors (Lipinski definition) is 3. The molecule has 0 saturated heterocycles. The zero-order chi connectivity index (χ0) is 15.5. The number of urea groups is 1. The van der Waals surface area contributed by atoms with E-state index in [1.807, 2.05) is 37.3 Å². The highest BCUT2D eigenvalue weighted by Crippen LogP contribution is 2.30. The van der Waals surface area contributed by atoms with Crippen molar-refractivity contribution in [2.45, 2.75) is 6.92 Å². The average molecular weight is 292 g/mol. The van der Waals surface area contributed by atoms with Crippen LogP contribution in [0, 0.1) is 6.92 Å². The number of amides is 2. The fraction of sp³-hybridized carbons (Fsp3) is 0.118. The van der Waals surface area contributed by atoms with Gasteiger partial charge >= 0.3 is 6.03 Å². The molecular weight excluding hydrogens is 276 g/mol. The number of aromatic nitrogens is 2. The van der Waals surface area contributed by atoms with Gasteiger partial charge in [0.1, 0.15) is 5.82 Å². The number of nitrogens with zero attached hydrogens (tertiary/aromatic N) is 2. The molecule has 1 aromatic carbocycles. The van der Waals surface area contributed by atoms with Gasteiger partial charge in [-0.05, 0) is 24.6 Å². The lowest BCUT2D eigenvalue weighted by molar-refractivity contribution is 0.254. The van der Waals surface area contributed by atoms with Crippen molar-refractivity contribution in [2.24, 2.45) is 0 Å². The third kappa shape index (κ3) is 2.74. The predicted molar refractivity (Wildman–Crippen MR) is 87.8 cm³/mol. The van der Waals surface area contributed by atoms with E-state index in [0.717, 1.165) is 27.6 Å². The minimum absolute atomic E-state index is 0.296. The second-order valence-electron chi connectivity index (χ2n) is 5.03. The van der Waals surface area contributed by atoms with Crippen LogP contribution in [0.15, 0.2) is 48.8 Å². The van der Waals surface area contributed by atoms with Crippen LogP contribution < -0.4 is 10.6 Å². The molecule has 2 heterocycles. The summed E-state index contributed by atoms with van der Waals surface area (Å²) < 4.78 is 0. The molecule has 0 unspecified atom stereocenters. The third-order valence-corrected chi connectivity index (χ3v) is 3.40. The first-order valence-corrected chi connectivity index (χ1v) is 6.98. The summed E-state index contributed by atoms with van der Waals surface area (Å²) >= 11 is 0. The first-order chi connectivity index (χ1) is 10.7. The lowest BCUT2D eigenvalue weighted by Gasteiger charge is -2.12. The Bertz CT molecular complexity index is 845. The minimum Gasteiger partial charge on any atom is -0.341 e. The number of rotatable bonds is 2. The van der Waals surface area contributed by atoms with Crippen molar-refractivity contribution in [2.75, 3.05) is 12.4 Å². The first kappa shape index (κ1) is 14.0. The molecule has 2 amide bonds. The van der Waals surface area contributed by atoms with Gasteiger partial charge in [-0.1, -0.05) is 29.8 Å². The van der Waals surface area contributed by atoms with Crippen molar-refractivity contribution in [3.63, 3.8) is 0 Å². The standard InChI is InChI=1S/C17H16N4O/c1-11-4-3-5-12(8-11)14-9-13-10-19-7-6-15(13)20-16(14)21-17(22)18-2/h3-10H,1-2H3,(H2,18,20,21,22). The number of fused-ring (bicyclic) bond motifs is 1. The molecule has 22 heavy (non-hydrogen) atoms. The molecule has 3 aromatic rings. The molecule has 0 aliphatic heterocycles. The van der Waals surface area contributed by atoms with Gasteiger partial charge in [0.25, 0.3) is 0 Å². The molecule has 5 nitrogen and oxygen atoms in total. The molecule has 0 radical (unpaired) electrons. The van der Waals surface area contributed by atoms with Gasteiger partial charge in [-0.25, -0.2) is 9.78 Å². The number of hydrogen-bond donors (Lipinski definition) is 2. The molecule has 0 fully saturated rings. The Morgan fingerprint density at radius 3 is 2.82 bits per heavy atom. The van der Waals surface area contributed by atoms with Crippen LogP contribution in [0.25, 0.3) is 22.0 Å². The van der Waals surface area contributed by atoms with E-state index in [2.05, 4.69) is 26.7 Å². The fourth-order valence-electron chi connectivity index (χ4n) is 2.31. The quantitative estimate of drug-likeness (QED) is 0.761. The number of carbonyl (C=O) groups excluding carboxylic acids is 1. The lowest BCUT2D eigenvalue weighted by Crippen LogP contribution is -2.25. The molecule has 2 N–H and O–H groups in total. The molecule has 2 aromatic heterocycles. The molecule has 5 heteroatoms. The minimum atomic E-state index is -0.296. The van der Waals surface area contributed by atoms with Crippen molar-refractivity contribution < 1.29 is 4.79 Å². The Balaban J connectivity index is 2.20. The van der Waals surface area contributed by atoms with E-state index in [0.29, 0.717) is 5.82 Å². The van der Waals surface area contributed by atoms with Crippen LogP contribution in [-0.2, 0) is 0 Å². The molecule has 3 rings (SSSR count). The smallest absolute Gasteiger partial charge is 0.320 e. The van der Waals surface area contributed by atoms with E-state index >= 15 is 0 Å². The number of pyridine rings is 2. The van der Waals surface area contributed by atoms with Gasteiger partial charge in [0, 0.05) is 30.4 Å². The number of benzene rings is 1. The maximum Gasteiger partial charge on any atom is 0.320 e. The van der Waals surface area contributed by atoms with Crippen LogP contribution in [0.4, 0.5) is 10.6 Å². The van der Waals surface area contributed by atoms with E-state index < -0.39 is 0 Å². The summed E-state index contributed by atoms with van der Waals surface area (Å²) in [5, 5.41) is 6.27. The summed E-state index contributed by atoms with van der Waals surface area (Å²) in [6, 6.07) is 11.6. The Morgan fingerprint density at radius 2 is 2.05 bits per heavy atom. The van der Waals surface area contributed by atoms with Crippen LogP contribution in [0.2, 0.25) is 0 Å². The number of aryl methyl sites for hydroxylation is 1. The Kier molecular flexibility index (Phi) is 3.70. The summed E-state index contributed by atoms with van der Waals surface area (Å²) in [5.41, 5.74) is 3.81. The van der Waals surface area contributed by atoms with Crippen LogP contribution in [0.5, 0.6) is 0 Å². The topological polar surface area (TPSA) is 66.9 Å². The summed E-state index contributed by atoms with van der Waals surface area (Å²) in [6.45, 7) is 2.03. The number of anilines is 1. The highest BCUT2D eigenvalue weighted by Gasteiger charge is 2.11. The summed E-state index contributed by atoms with van der Waals surface area (Å²) in [4.78, 5) is 20.4. The molecule has 0 saturated carbocycles. The number of carbonyl (C=O) groups is 1. The Morgan fingerprint density at radius 1 is 1.18 bits per heavy atom. The molecule has 110 valence electrons. The van der Waals surface area contributed by atoms with Crippen molar-refractivity contribution in [3.8, 4) is 11.1 Å². The van der Waals surface area contributed by atoms with Gasteiger partial charge in [0.2, 0.25) is 0 Å². The SMILES string of the molecule is CNC(=O)Nc1nc2ccncc2cc1-c1cccc(C)c1. The molecule has 0 atom stereocenters. The molecule has 0 bridgehead atoms. The van der Waals surface area contributed by atoms with Crippen molar-refractivity contribution in [1.82, 2.24) is 15.3 Å². The fourth-order valence-corrected chi connectivity index (χ4v) is 2.31. The Hall–Kier alpha value is -2.95. The summed E-state index contributed by atoms with van der Waals surface area (Å²) in [6.07, 6.45) is 3.46. The van der Waals surface area contributed by atoms with Crippen molar-refractivity contribution >= 4 is 22.8 Å². The van der Waals surface area contributed by atoms with Crippen molar-refractivity contribution in [1.29, 1.82) is 0 Å². The van der Waals surface area contributed by atoms with Gasteiger partial charge in [-0.15, -0.1) is 0 Å². The van der Waals surface area contributed by atoms with E-state index in [-0.39, 0.29) is 6.03 Å². The van der Waals surface area contributed by atoms with Crippen molar-refractivity contribution in [3.05, 3.63) is 54.4 Å². The van der Waals surface area contributed by atoms with Gasteiger partial charge in [0.15, 0.2) is 0 Å². The highest BCUT2D eigenvalue weighted by molar-refractivity contribution is 5.96. The van der Waals surface area contributed by atoms with Crippen LogP contribution in [0.1, 0.15) is 5.56 Å². The van der Waals surface area contributed by atoms with Gasteiger partial charge in [-0.2, -0.15) is 0 Å². The van der Waals surface area contributed by atoms with Gasteiger partial charge < -0.3 is 5.32 Å². The lowest BCUT2D eigenvalue weighted by atomic mass is 10.0. The molecular formula is C17H16N4O. The predicted octanol–water partition coefficient (Wildman–Crippen LogP) is 3.36.